The van der Waals surface area contributed by atoms with Crippen LogP contribution >= 0.6 is 23.1 Å². The molecule has 0 unspecified atom stereocenters. The van der Waals surface area contributed by atoms with Gasteiger partial charge in [0.2, 0.25) is 5.91 Å². The summed E-state index contributed by atoms with van der Waals surface area (Å²) in [5.74, 6) is 3.55. The molecule has 5 aliphatic carbocycles. The lowest BCUT2D eigenvalue weighted by atomic mass is 9.49. The number of thiophene rings is 1. The molecule has 0 aliphatic heterocycles. The summed E-state index contributed by atoms with van der Waals surface area (Å²) in [6, 6.07) is 0. The Hall–Kier alpha value is -1.87. The summed E-state index contributed by atoms with van der Waals surface area (Å²) in [4.78, 5) is 26.8. The van der Waals surface area contributed by atoms with E-state index in [0.717, 1.165) is 66.4 Å². The molecule has 2 heterocycles. The monoisotopic (exact) mass is 542 g/mol. The number of methoxy groups -OCH3 is 1. The first-order chi connectivity index (χ1) is 17.9. The SMILES string of the molecule is COC(=O)c1c(NC(=O)CSc2nnc(CC34CC5CC(CC(C5)C3)C4)n2C)sc2c1CCCCCC2. The number of amides is 1. The predicted octanol–water partition coefficient (Wildman–Crippen LogP) is 5.81. The zero-order valence-corrected chi connectivity index (χ0v) is 23.6. The number of fused-ring (bicyclic) bond motifs is 1. The Labute approximate surface area is 227 Å². The Morgan fingerprint density at radius 2 is 1.73 bits per heavy atom. The highest BCUT2D eigenvalue weighted by Crippen LogP contribution is 2.61. The predicted molar refractivity (Wildman–Crippen MR) is 146 cm³/mol. The summed E-state index contributed by atoms with van der Waals surface area (Å²) in [6.45, 7) is 0. The Balaban J connectivity index is 1.11. The molecule has 200 valence electrons. The lowest BCUT2D eigenvalue weighted by Gasteiger charge is -2.56. The van der Waals surface area contributed by atoms with Gasteiger partial charge in [0.25, 0.3) is 0 Å². The maximum atomic E-state index is 13.0. The van der Waals surface area contributed by atoms with Crippen molar-refractivity contribution in [3.63, 3.8) is 0 Å². The fraction of sp³-hybridized carbons (Fsp3) is 0.714. The molecule has 0 spiro atoms. The number of hydrogen-bond acceptors (Lipinski definition) is 7. The number of aryl methyl sites for hydroxylation is 1. The highest BCUT2D eigenvalue weighted by molar-refractivity contribution is 7.99. The third-order valence-corrected chi connectivity index (χ3v) is 11.5. The van der Waals surface area contributed by atoms with E-state index in [1.807, 2.05) is 7.05 Å². The molecule has 2 aromatic rings. The molecule has 1 N–H and O–H groups in total. The second-order valence-corrected chi connectivity index (χ2v) is 14.1. The van der Waals surface area contributed by atoms with Crippen molar-refractivity contribution in [1.82, 2.24) is 14.8 Å². The van der Waals surface area contributed by atoms with Crippen LogP contribution in [0.1, 0.15) is 90.8 Å². The molecule has 1 amide bonds. The quantitative estimate of drug-likeness (QED) is 0.351. The van der Waals surface area contributed by atoms with Gasteiger partial charge in [-0.2, -0.15) is 0 Å². The van der Waals surface area contributed by atoms with Crippen LogP contribution in [0.15, 0.2) is 5.16 Å². The zero-order valence-electron chi connectivity index (χ0n) is 22.0. The fourth-order valence-corrected chi connectivity index (χ4v) is 10.1. The van der Waals surface area contributed by atoms with E-state index >= 15 is 0 Å². The van der Waals surface area contributed by atoms with Crippen molar-refractivity contribution in [2.45, 2.75) is 88.6 Å². The molecule has 0 atom stereocenters. The Kier molecular flexibility index (Phi) is 7.12. The molecule has 9 heteroatoms. The van der Waals surface area contributed by atoms with E-state index in [-0.39, 0.29) is 17.6 Å². The van der Waals surface area contributed by atoms with Crippen LogP contribution in [0.4, 0.5) is 5.00 Å². The molecule has 4 bridgehead atoms. The maximum absolute atomic E-state index is 13.0. The van der Waals surface area contributed by atoms with Gasteiger partial charge in [0.15, 0.2) is 5.16 Å². The summed E-state index contributed by atoms with van der Waals surface area (Å²) in [7, 11) is 3.44. The molecular formula is C28H38N4O3S2. The smallest absolute Gasteiger partial charge is 0.341 e. The second-order valence-electron chi connectivity index (χ2n) is 12.0. The highest BCUT2D eigenvalue weighted by atomic mass is 32.2. The van der Waals surface area contributed by atoms with Crippen molar-refractivity contribution in [3.05, 3.63) is 21.8 Å². The van der Waals surface area contributed by atoms with Crippen LogP contribution in [-0.2, 0) is 35.8 Å². The summed E-state index contributed by atoms with van der Waals surface area (Å²) in [6.07, 6.45) is 15.8. The molecule has 4 saturated carbocycles. The van der Waals surface area contributed by atoms with Crippen molar-refractivity contribution in [1.29, 1.82) is 0 Å². The first-order valence-electron chi connectivity index (χ1n) is 14.0. The van der Waals surface area contributed by atoms with Gasteiger partial charge in [-0.25, -0.2) is 4.79 Å². The number of nitrogens with one attached hydrogen (secondary N) is 1. The van der Waals surface area contributed by atoms with Crippen LogP contribution < -0.4 is 5.32 Å². The molecule has 7 rings (SSSR count). The number of ether oxygens (including phenoxy) is 1. The number of aromatic nitrogens is 3. The molecule has 37 heavy (non-hydrogen) atoms. The van der Waals surface area contributed by atoms with Crippen LogP contribution in [0.3, 0.4) is 0 Å². The summed E-state index contributed by atoms with van der Waals surface area (Å²) in [5, 5.41) is 13.4. The summed E-state index contributed by atoms with van der Waals surface area (Å²) >= 11 is 2.96. The van der Waals surface area contributed by atoms with Gasteiger partial charge in [0, 0.05) is 18.3 Å². The van der Waals surface area contributed by atoms with Gasteiger partial charge in [-0.05, 0) is 92.9 Å². The molecule has 0 radical (unpaired) electrons. The van der Waals surface area contributed by atoms with E-state index in [9.17, 15) is 9.59 Å². The minimum atomic E-state index is -0.358. The lowest BCUT2D eigenvalue weighted by molar-refractivity contribution is -0.113. The van der Waals surface area contributed by atoms with Gasteiger partial charge in [-0.1, -0.05) is 24.6 Å². The number of anilines is 1. The Bertz CT molecular complexity index is 1150. The van der Waals surface area contributed by atoms with Crippen molar-refractivity contribution >= 4 is 40.0 Å². The summed E-state index contributed by atoms with van der Waals surface area (Å²) in [5.41, 5.74) is 2.04. The van der Waals surface area contributed by atoms with E-state index in [1.54, 1.807) is 11.3 Å². The number of hydrogen-bond donors (Lipinski definition) is 1. The lowest BCUT2D eigenvalue weighted by Crippen LogP contribution is -2.47. The highest BCUT2D eigenvalue weighted by Gasteiger charge is 2.51. The average Bonchev–Trinajstić information content (AvgIpc) is 3.35. The van der Waals surface area contributed by atoms with Crippen molar-refractivity contribution < 1.29 is 14.3 Å². The van der Waals surface area contributed by atoms with Crippen molar-refractivity contribution in [3.8, 4) is 0 Å². The molecule has 0 aromatic carbocycles. The van der Waals surface area contributed by atoms with Gasteiger partial charge >= 0.3 is 5.97 Å². The van der Waals surface area contributed by atoms with Gasteiger partial charge in [0.1, 0.15) is 10.8 Å². The standard InChI is InChI=1S/C28H38N4O3S2/c1-32-22(15-28-12-17-9-18(13-28)11-19(10-17)14-28)30-31-27(32)36-16-23(33)29-25-24(26(34)35-2)20-7-5-3-4-6-8-21(20)37-25/h17-19H,3-16H2,1-2H3,(H,29,33). The van der Waals surface area contributed by atoms with E-state index in [4.69, 9.17) is 4.74 Å². The van der Waals surface area contributed by atoms with Crippen LogP contribution in [0.2, 0.25) is 0 Å². The second kappa shape index (κ2) is 10.4. The minimum absolute atomic E-state index is 0.130. The van der Waals surface area contributed by atoms with Crippen LogP contribution in [-0.4, -0.2) is 39.5 Å². The number of carbonyl (C=O) groups is 2. The number of esters is 1. The fourth-order valence-electron chi connectivity index (χ4n) is 8.08. The number of carbonyl (C=O) groups excluding carboxylic acids is 2. The first-order valence-corrected chi connectivity index (χ1v) is 15.8. The molecule has 7 nitrogen and oxygen atoms in total. The number of nitrogens with zero attached hydrogens (tertiary/aromatic N) is 3. The van der Waals surface area contributed by atoms with E-state index in [2.05, 4.69) is 20.1 Å². The van der Waals surface area contributed by atoms with E-state index < -0.39 is 0 Å². The van der Waals surface area contributed by atoms with Crippen molar-refractivity contribution in [2.24, 2.45) is 30.2 Å². The van der Waals surface area contributed by atoms with Gasteiger partial charge in [-0.3, -0.25) is 4.79 Å². The normalized spacial score (nSPS) is 28.4. The average molecular weight is 543 g/mol. The third kappa shape index (κ3) is 5.10. The molecule has 5 aliphatic rings. The molecule has 2 aromatic heterocycles. The zero-order chi connectivity index (χ0) is 25.6. The third-order valence-electron chi connectivity index (χ3n) is 9.27. The molecular weight excluding hydrogens is 504 g/mol. The van der Waals surface area contributed by atoms with Crippen LogP contribution in [0, 0.1) is 23.2 Å². The van der Waals surface area contributed by atoms with E-state index in [0.29, 0.717) is 16.0 Å². The minimum Gasteiger partial charge on any atom is -0.465 e. The number of thioether (sulfide) groups is 1. The van der Waals surface area contributed by atoms with Gasteiger partial charge in [0.05, 0.1) is 18.4 Å². The molecule has 4 fully saturated rings. The Morgan fingerprint density at radius 1 is 1.05 bits per heavy atom. The Morgan fingerprint density at radius 3 is 2.41 bits per heavy atom. The topological polar surface area (TPSA) is 86.1 Å². The maximum Gasteiger partial charge on any atom is 0.341 e. The summed E-state index contributed by atoms with van der Waals surface area (Å²) < 4.78 is 7.18. The molecule has 0 saturated heterocycles. The first kappa shape index (κ1) is 25.4. The van der Waals surface area contributed by atoms with Gasteiger partial charge in [-0.15, -0.1) is 21.5 Å². The number of rotatable bonds is 7. The largest absolute Gasteiger partial charge is 0.465 e. The van der Waals surface area contributed by atoms with Gasteiger partial charge < -0.3 is 14.6 Å². The van der Waals surface area contributed by atoms with E-state index in [1.165, 1.54) is 75.1 Å². The van der Waals surface area contributed by atoms with Crippen LogP contribution in [0.5, 0.6) is 0 Å². The van der Waals surface area contributed by atoms with Crippen LogP contribution in [0.25, 0.3) is 0 Å². The van der Waals surface area contributed by atoms with Crippen molar-refractivity contribution in [2.75, 3.05) is 18.2 Å².